The molecule has 2 aromatic heterocycles. The summed E-state index contributed by atoms with van der Waals surface area (Å²) in [6.45, 7) is 14.4. The highest BCUT2D eigenvalue weighted by Gasteiger charge is 2.36. The zero-order valence-electron chi connectivity index (χ0n) is 23.5. The van der Waals surface area contributed by atoms with Crippen molar-refractivity contribution in [2.45, 2.75) is 92.7 Å². The van der Waals surface area contributed by atoms with Crippen molar-refractivity contribution in [1.29, 1.82) is 0 Å². The molecule has 2 aromatic carbocycles. The number of benzene rings is 2. The number of para-hydroxylation sites is 1. The molecule has 0 saturated heterocycles. The average Bonchev–Trinajstić information content (AvgIpc) is 3.49. The molecule has 0 bridgehead atoms. The molecular formula is C33H44N4. The fraction of sp³-hybridized carbons (Fsp3) is 0.515. The van der Waals surface area contributed by atoms with E-state index >= 15 is 0 Å². The van der Waals surface area contributed by atoms with Crippen LogP contribution in [0.15, 0.2) is 48.5 Å². The second-order valence-corrected chi connectivity index (χ2v) is 12.8. The maximum atomic E-state index is 5.26. The largest absolute Gasteiger partial charge is 0.323 e. The molecular weight excluding hydrogens is 452 g/mol. The lowest BCUT2D eigenvalue weighted by Crippen LogP contribution is -2.17. The van der Waals surface area contributed by atoms with Crippen molar-refractivity contribution in [2.24, 2.45) is 10.8 Å². The molecule has 1 aliphatic rings. The van der Waals surface area contributed by atoms with Gasteiger partial charge in [-0.25, -0.2) is 4.98 Å². The predicted molar refractivity (Wildman–Crippen MR) is 156 cm³/mol. The van der Waals surface area contributed by atoms with Gasteiger partial charge in [0.2, 0.25) is 0 Å². The zero-order valence-corrected chi connectivity index (χ0v) is 23.5. The first-order chi connectivity index (χ1) is 17.7. The number of aromatic nitrogens is 3. The molecule has 4 aromatic rings. The molecule has 0 spiro atoms. The van der Waals surface area contributed by atoms with Crippen molar-refractivity contribution in [3.05, 3.63) is 71.2 Å². The highest BCUT2D eigenvalue weighted by Crippen LogP contribution is 2.47. The van der Waals surface area contributed by atoms with E-state index in [-0.39, 0.29) is 5.41 Å². The summed E-state index contributed by atoms with van der Waals surface area (Å²) in [5.41, 5.74) is 7.97. The second-order valence-electron chi connectivity index (χ2n) is 12.8. The second kappa shape index (κ2) is 10.6. The molecule has 0 radical (unpaired) electrons. The van der Waals surface area contributed by atoms with Crippen molar-refractivity contribution < 1.29 is 0 Å². The van der Waals surface area contributed by atoms with E-state index < -0.39 is 0 Å². The number of nitrogens with one attached hydrogen (secondary N) is 1. The van der Waals surface area contributed by atoms with Gasteiger partial charge in [-0.15, -0.1) is 0 Å². The summed E-state index contributed by atoms with van der Waals surface area (Å²) in [6, 6.07) is 17.8. The van der Waals surface area contributed by atoms with Gasteiger partial charge in [-0.05, 0) is 66.7 Å². The molecule has 5 rings (SSSR count). The summed E-state index contributed by atoms with van der Waals surface area (Å²) in [5.74, 6) is 1.18. The molecule has 1 aliphatic carbocycles. The number of pyridine rings is 1. The molecule has 1 fully saturated rings. The Bertz CT molecular complexity index is 1350. The number of aryl methyl sites for hydroxylation is 1. The minimum absolute atomic E-state index is 0.149. The SMILES string of the molecule is CCCCc1nc2c(CC(C)(C)C)nc3ccccc3c2n1Cc1ccc(CNCCC2(C)CC2)cc1. The topological polar surface area (TPSA) is 42.7 Å². The van der Waals surface area contributed by atoms with Gasteiger partial charge in [-0.1, -0.05) is 83.5 Å². The molecule has 0 aliphatic heterocycles. The number of nitrogens with zero attached hydrogens (tertiary/aromatic N) is 3. The number of fused-ring (bicyclic) bond motifs is 3. The predicted octanol–water partition coefficient (Wildman–Crippen LogP) is 7.84. The van der Waals surface area contributed by atoms with Crippen LogP contribution in [-0.4, -0.2) is 21.1 Å². The highest BCUT2D eigenvalue weighted by molar-refractivity contribution is 6.03. The minimum atomic E-state index is 0.149. The normalized spacial score (nSPS) is 15.1. The van der Waals surface area contributed by atoms with Crippen LogP contribution in [0.5, 0.6) is 0 Å². The van der Waals surface area contributed by atoms with Gasteiger partial charge in [-0.3, -0.25) is 4.98 Å². The summed E-state index contributed by atoms with van der Waals surface area (Å²) in [7, 11) is 0. The van der Waals surface area contributed by atoms with E-state index in [1.54, 1.807) is 0 Å². The molecule has 0 amide bonds. The Kier molecular flexibility index (Phi) is 7.40. The van der Waals surface area contributed by atoms with Crippen molar-refractivity contribution in [2.75, 3.05) is 6.54 Å². The van der Waals surface area contributed by atoms with E-state index in [4.69, 9.17) is 9.97 Å². The van der Waals surface area contributed by atoms with Crippen LogP contribution in [0, 0.1) is 10.8 Å². The van der Waals surface area contributed by atoms with Crippen LogP contribution < -0.4 is 5.32 Å². The van der Waals surface area contributed by atoms with Gasteiger partial charge in [-0.2, -0.15) is 0 Å². The van der Waals surface area contributed by atoms with E-state index in [0.717, 1.165) is 62.0 Å². The van der Waals surface area contributed by atoms with Crippen LogP contribution in [0.3, 0.4) is 0 Å². The van der Waals surface area contributed by atoms with Crippen LogP contribution >= 0.6 is 0 Å². The molecule has 1 N–H and O–H groups in total. The Hall–Kier alpha value is -2.72. The maximum Gasteiger partial charge on any atom is 0.111 e. The first kappa shape index (κ1) is 25.9. The zero-order chi connectivity index (χ0) is 26.0. The molecule has 4 heteroatoms. The Morgan fingerprint density at radius 1 is 0.973 bits per heavy atom. The van der Waals surface area contributed by atoms with Crippen molar-refractivity contribution in [1.82, 2.24) is 19.9 Å². The fourth-order valence-electron chi connectivity index (χ4n) is 5.30. The van der Waals surface area contributed by atoms with E-state index in [1.165, 1.54) is 47.1 Å². The average molecular weight is 497 g/mol. The van der Waals surface area contributed by atoms with Gasteiger partial charge in [0.05, 0.1) is 16.7 Å². The summed E-state index contributed by atoms with van der Waals surface area (Å²) in [4.78, 5) is 10.4. The van der Waals surface area contributed by atoms with Crippen molar-refractivity contribution >= 4 is 21.9 Å². The summed E-state index contributed by atoms with van der Waals surface area (Å²) in [5, 5.41) is 4.85. The van der Waals surface area contributed by atoms with Gasteiger partial charge in [0.25, 0.3) is 0 Å². The monoisotopic (exact) mass is 496 g/mol. The molecule has 0 unspecified atom stereocenters. The molecule has 37 heavy (non-hydrogen) atoms. The quantitative estimate of drug-likeness (QED) is 0.215. The molecule has 0 atom stereocenters. The molecule has 2 heterocycles. The molecule has 196 valence electrons. The third-order valence-electron chi connectivity index (χ3n) is 7.89. The summed E-state index contributed by atoms with van der Waals surface area (Å²) < 4.78 is 2.48. The first-order valence-corrected chi connectivity index (χ1v) is 14.3. The number of imidazole rings is 1. The minimum Gasteiger partial charge on any atom is -0.323 e. The maximum absolute atomic E-state index is 5.26. The van der Waals surface area contributed by atoms with Gasteiger partial charge in [0.15, 0.2) is 0 Å². The van der Waals surface area contributed by atoms with Crippen LogP contribution in [0.4, 0.5) is 0 Å². The smallest absolute Gasteiger partial charge is 0.111 e. The summed E-state index contributed by atoms with van der Waals surface area (Å²) in [6.07, 6.45) is 8.31. The lowest BCUT2D eigenvalue weighted by Gasteiger charge is -2.18. The van der Waals surface area contributed by atoms with E-state index in [0.29, 0.717) is 5.41 Å². The standard InChI is InChI=1S/C33H44N4/c1-6-7-12-29-36-30-28(21-32(2,3)4)35-27-11-9-8-10-26(27)31(30)37(29)23-25-15-13-24(14-16-25)22-34-20-19-33(5)17-18-33/h8-11,13-16,34H,6-7,12,17-23H2,1-5H3. The number of rotatable bonds is 11. The Morgan fingerprint density at radius 2 is 1.70 bits per heavy atom. The van der Waals surface area contributed by atoms with E-state index in [1.807, 2.05) is 0 Å². The van der Waals surface area contributed by atoms with Crippen molar-refractivity contribution in [3.8, 4) is 0 Å². The Balaban J connectivity index is 1.46. The number of hydrogen-bond donors (Lipinski definition) is 1. The lowest BCUT2D eigenvalue weighted by atomic mass is 9.89. The number of unbranched alkanes of at least 4 members (excludes halogenated alkanes) is 1. The van der Waals surface area contributed by atoms with Gasteiger partial charge < -0.3 is 9.88 Å². The van der Waals surface area contributed by atoms with Crippen LogP contribution in [0.25, 0.3) is 21.9 Å². The van der Waals surface area contributed by atoms with Crippen molar-refractivity contribution in [3.63, 3.8) is 0 Å². The van der Waals surface area contributed by atoms with Gasteiger partial charge in [0, 0.05) is 24.9 Å². The first-order valence-electron chi connectivity index (χ1n) is 14.3. The van der Waals surface area contributed by atoms with Gasteiger partial charge in [0.1, 0.15) is 11.3 Å². The third kappa shape index (κ3) is 6.23. The summed E-state index contributed by atoms with van der Waals surface area (Å²) >= 11 is 0. The van der Waals surface area contributed by atoms with E-state index in [2.05, 4.69) is 93.0 Å². The highest BCUT2D eigenvalue weighted by atomic mass is 15.1. The van der Waals surface area contributed by atoms with Crippen LogP contribution in [-0.2, 0) is 25.9 Å². The Labute approximate surface area is 222 Å². The number of hydrogen-bond acceptors (Lipinski definition) is 3. The lowest BCUT2D eigenvalue weighted by molar-refractivity contribution is 0.408. The van der Waals surface area contributed by atoms with Crippen LogP contribution in [0.2, 0.25) is 0 Å². The Morgan fingerprint density at radius 3 is 2.41 bits per heavy atom. The molecule has 4 nitrogen and oxygen atoms in total. The van der Waals surface area contributed by atoms with Gasteiger partial charge >= 0.3 is 0 Å². The third-order valence-corrected chi connectivity index (χ3v) is 7.89. The van der Waals surface area contributed by atoms with E-state index in [9.17, 15) is 0 Å². The fourth-order valence-corrected chi connectivity index (χ4v) is 5.30. The molecule has 1 saturated carbocycles. The van der Waals surface area contributed by atoms with Crippen LogP contribution in [0.1, 0.15) is 89.4 Å².